The fourth-order valence-electron chi connectivity index (χ4n) is 1.52. The predicted molar refractivity (Wildman–Crippen MR) is 65.8 cm³/mol. The molecular formula is C11H13N3O2S. The van der Waals surface area contributed by atoms with Crippen molar-refractivity contribution in [3.05, 3.63) is 36.2 Å². The molecule has 90 valence electrons. The lowest BCUT2D eigenvalue weighted by Crippen LogP contribution is -2.04. The van der Waals surface area contributed by atoms with Gasteiger partial charge in [0.15, 0.2) is 9.84 Å². The number of nitrogens with zero attached hydrogens (tertiary/aromatic N) is 2. The Morgan fingerprint density at radius 3 is 2.47 bits per heavy atom. The summed E-state index contributed by atoms with van der Waals surface area (Å²) >= 11 is 0. The van der Waals surface area contributed by atoms with Crippen LogP contribution in [0.3, 0.4) is 0 Å². The number of nitrogens with two attached hydrogens (primary N) is 1. The van der Waals surface area contributed by atoms with Crippen molar-refractivity contribution in [2.75, 3.05) is 12.0 Å². The average Bonchev–Trinajstić information content (AvgIpc) is 2.63. The number of nitrogen functional groups attached to an aromatic ring is 1. The molecular weight excluding hydrogens is 238 g/mol. The molecule has 17 heavy (non-hydrogen) atoms. The van der Waals surface area contributed by atoms with Crippen molar-refractivity contribution in [1.82, 2.24) is 9.78 Å². The summed E-state index contributed by atoms with van der Waals surface area (Å²) in [6, 6.07) is 6.47. The molecule has 1 heterocycles. The van der Waals surface area contributed by atoms with Gasteiger partial charge < -0.3 is 5.73 Å². The molecule has 6 heteroatoms. The minimum absolute atomic E-state index is 0.211. The fourth-order valence-corrected chi connectivity index (χ4v) is 2.18. The van der Waals surface area contributed by atoms with Gasteiger partial charge in [0.25, 0.3) is 0 Å². The van der Waals surface area contributed by atoms with E-state index in [1.54, 1.807) is 16.9 Å². The number of aromatic nitrogens is 2. The maximum atomic E-state index is 11.4. The van der Waals surface area contributed by atoms with Gasteiger partial charge in [0.1, 0.15) is 0 Å². The molecule has 0 saturated heterocycles. The maximum absolute atomic E-state index is 11.4. The van der Waals surface area contributed by atoms with E-state index in [4.69, 9.17) is 5.73 Å². The van der Waals surface area contributed by atoms with Gasteiger partial charge in [0, 0.05) is 12.5 Å². The minimum Gasteiger partial charge on any atom is -0.397 e. The van der Waals surface area contributed by atoms with E-state index in [9.17, 15) is 8.42 Å². The zero-order chi connectivity index (χ0) is 12.6. The smallest absolute Gasteiger partial charge is 0.175 e. The molecule has 0 saturated carbocycles. The molecule has 0 atom stereocenters. The van der Waals surface area contributed by atoms with Crippen LogP contribution in [0.1, 0.15) is 5.69 Å². The zero-order valence-electron chi connectivity index (χ0n) is 9.58. The first-order valence-electron chi connectivity index (χ1n) is 5.00. The van der Waals surface area contributed by atoms with E-state index < -0.39 is 9.84 Å². The van der Waals surface area contributed by atoms with Crippen LogP contribution < -0.4 is 5.73 Å². The molecule has 0 amide bonds. The molecule has 0 bridgehead atoms. The van der Waals surface area contributed by atoms with Crippen molar-refractivity contribution < 1.29 is 8.42 Å². The molecule has 0 unspecified atom stereocenters. The highest BCUT2D eigenvalue weighted by atomic mass is 32.2. The second-order valence-corrected chi connectivity index (χ2v) is 5.91. The van der Waals surface area contributed by atoms with Crippen molar-refractivity contribution in [2.24, 2.45) is 0 Å². The lowest BCUT2D eigenvalue weighted by Gasteiger charge is -2.07. The summed E-state index contributed by atoms with van der Waals surface area (Å²) in [6.45, 7) is 1.87. The fraction of sp³-hybridized carbons (Fsp3) is 0.182. The lowest BCUT2D eigenvalue weighted by molar-refractivity contribution is 0.602. The van der Waals surface area contributed by atoms with Crippen molar-refractivity contribution in [2.45, 2.75) is 11.8 Å². The standard InChI is InChI=1S/C11H13N3O2S/c1-8-5-6-14(13-8)11-4-3-9(7-10(11)12)17(2,15)16/h3-7H,12H2,1-2H3. The van der Waals surface area contributed by atoms with E-state index in [1.165, 1.54) is 12.1 Å². The van der Waals surface area contributed by atoms with E-state index in [0.717, 1.165) is 11.9 Å². The van der Waals surface area contributed by atoms with Crippen LogP contribution >= 0.6 is 0 Å². The van der Waals surface area contributed by atoms with Crippen LogP contribution in [0.15, 0.2) is 35.4 Å². The molecule has 0 spiro atoms. The maximum Gasteiger partial charge on any atom is 0.175 e. The summed E-state index contributed by atoms with van der Waals surface area (Å²) in [5.74, 6) is 0. The number of sulfone groups is 1. The molecule has 0 fully saturated rings. The van der Waals surface area contributed by atoms with Gasteiger partial charge in [-0.2, -0.15) is 5.10 Å². The normalized spacial score (nSPS) is 11.6. The average molecular weight is 251 g/mol. The Kier molecular flexibility index (Phi) is 2.66. The SMILES string of the molecule is Cc1ccn(-c2ccc(S(C)(=O)=O)cc2N)n1. The van der Waals surface area contributed by atoms with Crippen LogP contribution in [0.5, 0.6) is 0 Å². The summed E-state index contributed by atoms with van der Waals surface area (Å²) in [4.78, 5) is 0.211. The van der Waals surface area contributed by atoms with Gasteiger partial charge in [-0.3, -0.25) is 0 Å². The Balaban J connectivity index is 2.53. The predicted octanol–water partition coefficient (Wildman–Crippen LogP) is 1.17. The van der Waals surface area contributed by atoms with Crippen LogP contribution in [0, 0.1) is 6.92 Å². The quantitative estimate of drug-likeness (QED) is 0.813. The van der Waals surface area contributed by atoms with Crippen LogP contribution in [-0.4, -0.2) is 24.5 Å². The van der Waals surface area contributed by atoms with Crippen LogP contribution in [0.4, 0.5) is 5.69 Å². The molecule has 1 aromatic carbocycles. The summed E-state index contributed by atoms with van der Waals surface area (Å²) < 4.78 is 24.3. The van der Waals surface area contributed by atoms with E-state index in [2.05, 4.69) is 5.10 Å². The van der Waals surface area contributed by atoms with E-state index >= 15 is 0 Å². The molecule has 2 rings (SSSR count). The number of hydrogen-bond acceptors (Lipinski definition) is 4. The first kappa shape index (κ1) is 11.7. The molecule has 5 nitrogen and oxygen atoms in total. The Morgan fingerprint density at radius 2 is 2.00 bits per heavy atom. The van der Waals surface area contributed by atoms with Gasteiger partial charge in [-0.1, -0.05) is 0 Å². The van der Waals surface area contributed by atoms with E-state index in [-0.39, 0.29) is 4.90 Å². The van der Waals surface area contributed by atoms with Crippen LogP contribution in [0.2, 0.25) is 0 Å². The van der Waals surface area contributed by atoms with Crippen molar-refractivity contribution in [1.29, 1.82) is 0 Å². The van der Waals surface area contributed by atoms with Gasteiger partial charge in [0.2, 0.25) is 0 Å². The molecule has 2 N–H and O–H groups in total. The number of anilines is 1. The minimum atomic E-state index is -3.23. The molecule has 0 aliphatic rings. The van der Waals surface area contributed by atoms with Crippen molar-refractivity contribution in [3.63, 3.8) is 0 Å². The summed E-state index contributed by atoms with van der Waals surface area (Å²) in [7, 11) is -3.23. The zero-order valence-corrected chi connectivity index (χ0v) is 10.4. The summed E-state index contributed by atoms with van der Waals surface area (Å²) in [5.41, 5.74) is 7.76. The Morgan fingerprint density at radius 1 is 1.29 bits per heavy atom. The third-order valence-corrected chi connectivity index (χ3v) is 3.51. The molecule has 2 aromatic rings. The highest BCUT2D eigenvalue weighted by Gasteiger charge is 2.10. The highest BCUT2D eigenvalue weighted by Crippen LogP contribution is 2.21. The Bertz CT molecular complexity index is 659. The number of hydrogen-bond donors (Lipinski definition) is 1. The largest absolute Gasteiger partial charge is 0.397 e. The van der Waals surface area contributed by atoms with Gasteiger partial charge in [-0.15, -0.1) is 0 Å². The van der Waals surface area contributed by atoms with Gasteiger partial charge in [0.05, 0.1) is 22.0 Å². The summed E-state index contributed by atoms with van der Waals surface area (Å²) in [6.07, 6.45) is 2.93. The number of benzene rings is 1. The Labute approximate surface area is 99.8 Å². The van der Waals surface area contributed by atoms with E-state index in [1.807, 2.05) is 13.0 Å². The third kappa shape index (κ3) is 2.31. The van der Waals surface area contributed by atoms with E-state index in [0.29, 0.717) is 11.4 Å². The number of rotatable bonds is 2. The van der Waals surface area contributed by atoms with Crippen LogP contribution in [0.25, 0.3) is 5.69 Å². The third-order valence-electron chi connectivity index (χ3n) is 2.40. The van der Waals surface area contributed by atoms with Crippen molar-refractivity contribution >= 4 is 15.5 Å². The first-order valence-corrected chi connectivity index (χ1v) is 6.89. The Hall–Kier alpha value is -1.82. The molecule has 0 radical (unpaired) electrons. The summed E-state index contributed by atoms with van der Waals surface area (Å²) in [5, 5.41) is 4.22. The van der Waals surface area contributed by atoms with Gasteiger partial charge >= 0.3 is 0 Å². The van der Waals surface area contributed by atoms with Gasteiger partial charge in [-0.05, 0) is 31.2 Å². The highest BCUT2D eigenvalue weighted by molar-refractivity contribution is 7.90. The molecule has 0 aliphatic carbocycles. The van der Waals surface area contributed by atoms with Crippen LogP contribution in [-0.2, 0) is 9.84 Å². The topological polar surface area (TPSA) is 78.0 Å². The second-order valence-electron chi connectivity index (χ2n) is 3.89. The molecule has 1 aromatic heterocycles. The molecule has 0 aliphatic heterocycles. The second kappa shape index (κ2) is 3.89. The van der Waals surface area contributed by atoms with Gasteiger partial charge in [-0.25, -0.2) is 13.1 Å². The lowest BCUT2D eigenvalue weighted by atomic mass is 10.3. The monoisotopic (exact) mass is 251 g/mol. The number of aryl methyl sites for hydroxylation is 1. The van der Waals surface area contributed by atoms with Crippen molar-refractivity contribution in [3.8, 4) is 5.69 Å². The first-order chi connectivity index (χ1) is 7.88.